The maximum atomic E-state index is 13.5. The van der Waals surface area contributed by atoms with Gasteiger partial charge in [0.15, 0.2) is 0 Å². The standard InChI is InChI=1S/C21H31F/c1-2-3-4-6-16-9-10-19-14-20(12-11-18(19)13-16)17-7-5-8-21(22)15-17/h5,7-8,15-16,18-20H,2-4,6,9-14H2,1H3. The van der Waals surface area contributed by atoms with E-state index in [9.17, 15) is 4.39 Å². The lowest BCUT2D eigenvalue weighted by Crippen LogP contribution is -2.30. The Morgan fingerprint density at radius 1 is 1.00 bits per heavy atom. The zero-order valence-corrected chi connectivity index (χ0v) is 14.1. The van der Waals surface area contributed by atoms with Gasteiger partial charge in [0.05, 0.1) is 0 Å². The van der Waals surface area contributed by atoms with Crippen LogP contribution in [0.4, 0.5) is 4.39 Å². The third-order valence-electron chi connectivity index (χ3n) is 6.26. The van der Waals surface area contributed by atoms with Crippen molar-refractivity contribution in [1.82, 2.24) is 0 Å². The molecule has 0 radical (unpaired) electrons. The van der Waals surface area contributed by atoms with E-state index in [0.29, 0.717) is 5.92 Å². The first kappa shape index (κ1) is 16.0. The maximum Gasteiger partial charge on any atom is 0.123 e. The summed E-state index contributed by atoms with van der Waals surface area (Å²) in [7, 11) is 0. The van der Waals surface area contributed by atoms with E-state index < -0.39 is 0 Å². The molecule has 0 N–H and O–H groups in total. The summed E-state index contributed by atoms with van der Waals surface area (Å²) in [6.45, 7) is 2.30. The first-order valence-corrected chi connectivity index (χ1v) is 9.51. The zero-order valence-electron chi connectivity index (χ0n) is 14.1. The van der Waals surface area contributed by atoms with E-state index in [-0.39, 0.29) is 5.82 Å². The minimum Gasteiger partial charge on any atom is -0.207 e. The van der Waals surface area contributed by atoms with E-state index in [1.807, 2.05) is 6.07 Å². The van der Waals surface area contributed by atoms with Gasteiger partial charge in [-0.15, -0.1) is 0 Å². The lowest BCUT2D eigenvalue weighted by molar-refractivity contribution is 0.113. The largest absolute Gasteiger partial charge is 0.207 e. The SMILES string of the molecule is CCCCCC1CCC2CC(c3cccc(F)c3)CCC2C1. The van der Waals surface area contributed by atoms with Gasteiger partial charge in [-0.2, -0.15) is 0 Å². The highest BCUT2D eigenvalue weighted by Crippen LogP contribution is 2.48. The Kier molecular flexibility index (Phi) is 5.55. The maximum absolute atomic E-state index is 13.5. The summed E-state index contributed by atoms with van der Waals surface area (Å²) in [5.41, 5.74) is 1.24. The molecule has 0 amide bonds. The van der Waals surface area contributed by atoms with Crippen molar-refractivity contribution in [3.8, 4) is 0 Å². The molecule has 122 valence electrons. The van der Waals surface area contributed by atoms with Crippen molar-refractivity contribution in [1.29, 1.82) is 0 Å². The molecular weight excluding hydrogens is 271 g/mol. The van der Waals surface area contributed by atoms with E-state index in [4.69, 9.17) is 0 Å². The van der Waals surface area contributed by atoms with Gasteiger partial charge in [-0.25, -0.2) is 4.39 Å². The van der Waals surface area contributed by atoms with Crippen molar-refractivity contribution < 1.29 is 4.39 Å². The number of fused-ring (bicyclic) bond motifs is 1. The summed E-state index contributed by atoms with van der Waals surface area (Å²) >= 11 is 0. The molecule has 0 aliphatic heterocycles. The highest BCUT2D eigenvalue weighted by molar-refractivity contribution is 5.21. The first-order valence-electron chi connectivity index (χ1n) is 9.51. The van der Waals surface area contributed by atoms with Gasteiger partial charge in [0.25, 0.3) is 0 Å². The molecule has 0 heterocycles. The van der Waals surface area contributed by atoms with Crippen LogP contribution in [0.2, 0.25) is 0 Å². The van der Waals surface area contributed by atoms with Gasteiger partial charge in [0.2, 0.25) is 0 Å². The van der Waals surface area contributed by atoms with Gasteiger partial charge < -0.3 is 0 Å². The summed E-state index contributed by atoms with van der Waals surface area (Å²) in [5.74, 6) is 3.40. The summed E-state index contributed by atoms with van der Waals surface area (Å²) < 4.78 is 13.5. The van der Waals surface area contributed by atoms with Crippen LogP contribution in [0.15, 0.2) is 24.3 Å². The quantitative estimate of drug-likeness (QED) is 0.530. The van der Waals surface area contributed by atoms with Gasteiger partial charge in [0.1, 0.15) is 5.82 Å². The summed E-state index contributed by atoms with van der Waals surface area (Å²) in [4.78, 5) is 0. The van der Waals surface area contributed by atoms with Crippen molar-refractivity contribution in [3.63, 3.8) is 0 Å². The van der Waals surface area contributed by atoms with Crippen LogP contribution in [0, 0.1) is 23.6 Å². The molecule has 2 aliphatic rings. The molecule has 2 aliphatic carbocycles. The van der Waals surface area contributed by atoms with Gasteiger partial charge in [-0.3, -0.25) is 0 Å². The molecule has 2 saturated carbocycles. The Labute approximate surface area is 135 Å². The summed E-state index contributed by atoms with van der Waals surface area (Å²) in [5, 5.41) is 0. The summed E-state index contributed by atoms with van der Waals surface area (Å²) in [6.07, 6.45) is 13.9. The molecule has 0 nitrogen and oxygen atoms in total. The molecule has 3 rings (SSSR count). The van der Waals surface area contributed by atoms with Gasteiger partial charge >= 0.3 is 0 Å². The molecule has 22 heavy (non-hydrogen) atoms. The van der Waals surface area contributed by atoms with E-state index in [1.54, 1.807) is 12.1 Å². The highest BCUT2D eigenvalue weighted by Gasteiger charge is 2.35. The van der Waals surface area contributed by atoms with E-state index in [0.717, 1.165) is 17.8 Å². The lowest BCUT2D eigenvalue weighted by atomic mass is 9.63. The molecule has 0 spiro atoms. The average Bonchev–Trinajstić information content (AvgIpc) is 2.54. The first-order chi connectivity index (χ1) is 10.8. The molecule has 1 aromatic rings. The third-order valence-corrected chi connectivity index (χ3v) is 6.26. The normalized spacial score (nSPS) is 31.7. The average molecular weight is 302 g/mol. The van der Waals surface area contributed by atoms with E-state index in [2.05, 4.69) is 13.0 Å². The van der Waals surface area contributed by atoms with Gasteiger partial charge in [-0.05, 0) is 73.5 Å². The van der Waals surface area contributed by atoms with Crippen molar-refractivity contribution in [2.75, 3.05) is 0 Å². The predicted molar refractivity (Wildman–Crippen MR) is 91.5 cm³/mol. The van der Waals surface area contributed by atoms with Crippen LogP contribution < -0.4 is 0 Å². The molecule has 4 unspecified atom stereocenters. The zero-order chi connectivity index (χ0) is 15.4. The highest BCUT2D eigenvalue weighted by atomic mass is 19.1. The van der Waals surface area contributed by atoms with E-state index in [1.165, 1.54) is 69.8 Å². The van der Waals surface area contributed by atoms with Crippen LogP contribution in [-0.2, 0) is 0 Å². The second kappa shape index (κ2) is 7.62. The van der Waals surface area contributed by atoms with Crippen LogP contribution in [-0.4, -0.2) is 0 Å². The molecular formula is C21H31F. The summed E-state index contributed by atoms with van der Waals surface area (Å²) in [6, 6.07) is 7.34. The molecule has 0 bridgehead atoms. The van der Waals surface area contributed by atoms with E-state index >= 15 is 0 Å². The van der Waals surface area contributed by atoms with Gasteiger partial charge in [0, 0.05) is 0 Å². The van der Waals surface area contributed by atoms with Crippen molar-refractivity contribution in [2.24, 2.45) is 17.8 Å². The minimum absolute atomic E-state index is 0.0701. The fourth-order valence-corrected chi connectivity index (χ4v) is 4.99. The Balaban J connectivity index is 1.53. The molecule has 4 atom stereocenters. The van der Waals surface area contributed by atoms with Crippen LogP contribution in [0.3, 0.4) is 0 Å². The minimum atomic E-state index is -0.0701. The third kappa shape index (κ3) is 3.91. The Hall–Kier alpha value is -0.850. The van der Waals surface area contributed by atoms with Crippen LogP contribution in [0.25, 0.3) is 0 Å². The van der Waals surface area contributed by atoms with Gasteiger partial charge in [-0.1, -0.05) is 51.2 Å². The van der Waals surface area contributed by atoms with Crippen molar-refractivity contribution in [2.45, 2.75) is 77.0 Å². The fourth-order valence-electron chi connectivity index (χ4n) is 4.99. The topological polar surface area (TPSA) is 0 Å². The monoisotopic (exact) mass is 302 g/mol. The van der Waals surface area contributed by atoms with Crippen molar-refractivity contribution in [3.05, 3.63) is 35.6 Å². The lowest BCUT2D eigenvalue weighted by Gasteiger charge is -2.42. The smallest absolute Gasteiger partial charge is 0.123 e. The molecule has 0 saturated heterocycles. The Morgan fingerprint density at radius 3 is 2.64 bits per heavy atom. The molecule has 0 aromatic heterocycles. The predicted octanol–water partition coefficient (Wildman–Crippen LogP) is 6.71. The Bertz CT molecular complexity index is 467. The fraction of sp³-hybridized carbons (Fsp3) is 0.714. The number of hydrogen-bond acceptors (Lipinski definition) is 0. The Morgan fingerprint density at radius 2 is 1.82 bits per heavy atom. The van der Waals surface area contributed by atoms with Crippen LogP contribution in [0.5, 0.6) is 0 Å². The number of benzene rings is 1. The molecule has 1 aromatic carbocycles. The molecule has 2 fully saturated rings. The van der Waals surface area contributed by atoms with Crippen molar-refractivity contribution >= 4 is 0 Å². The number of halogens is 1. The second-order valence-electron chi connectivity index (χ2n) is 7.76. The van der Waals surface area contributed by atoms with Crippen LogP contribution >= 0.6 is 0 Å². The molecule has 1 heteroatoms. The number of hydrogen-bond donors (Lipinski definition) is 0. The second-order valence-corrected chi connectivity index (χ2v) is 7.76. The number of rotatable bonds is 5. The van der Waals surface area contributed by atoms with Crippen LogP contribution in [0.1, 0.15) is 82.6 Å². The number of unbranched alkanes of at least 4 members (excludes halogenated alkanes) is 2.